The van der Waals surface area contributed by atoms with Crippen molar-refractivity contribution in [2.24, 2.45) is 0 Å². The standard InChI is InChI=1S/C10H15NO2/c1-2-8-7-13-9-5-3-4-6-10(8,9)11-12/h9,11-12H,1,3-7H2/t9-,10+/m0/s1. The van der Waals surface area contributed by atoms with Crippen molar-refractivity contribution in [1.82, 2.24) is 5.48 Å². The van der Waals surface area contributed by atoms with Crippen LogP contribution >= 0.6 is 0 Å². The first-order valence-corrected chi connectivity index (χ1v) is 4.76. The van der Waals surface area contributed by atoms with E-state index in [1.807, 2.05) is 0 Å². The van der Waals surface area contributed by atoms with Gasteiger partial charge in [0, 0.05) is 5.57 Å². The van der Waals surface area contributed by atoms with E-state index in [4.69, 9.17) is 4.74 Å². The summed E-state index contributed by atoms with van der Waals surface area (Å²) >= 11 is 0. The molecule has 1 heterocycles. The molecule has 2 rings (SSSR count). The van der Waals surface area contributed by atoms with E-state index in [9.17, 15) is 5.21 Å². The lowest BCUT2D eigenvalue weighted by atomic mass is 9.77. The SMILES string of the molecule is C=C=C1CO[C@H]2CCCC[C@@]12NO. The quantitative estimate of drug-likeness (QED) is 0.474. The lowest BCUT2D eigenvalue weighted by molar-refractivity contribution is -0.0190. The number of rotatable bonds is 1. The summed E-state index contributed by atoms with van der Waals surface area (Å²) in [4.78, 5) is 0. The van der Waals surface area contributed by atoms with Crippen molar-refractivity contribution in [2.75, 3.05) is 6.61 Å². The fraction of sp³-hybridized carbons (Fsp3) is 0.700. The van der Waals surface area contributed by atoms with Crippen LogP contribution in [0.2, 0.25) is 0 Å². The molecule has 0 aromatic rings. The summed E-state index contributed by atoms with van der Waals surface area (Å²) < 4.78 is 5.59. The van der Waals surface area contributed by atoms with E-state index in [-0.39, 0.29) is 11.6 Å². The Labute approximate surface area is 78.0 Å². The molecule has 0 aromatic heterocycles. The number of hydroxylamine groups is 1. The minimum absolute atomic E-state index is 0.107. The molecule has 2 fully saturated rings. The molecule has 1 saturated carbocycles. The second kappa shape index (κ2) is 3.28. The van der Waals surface area contributed by atoms with E-state index in [0.717, 1.165) is 24.8 Å². The first kappa shape index (κ1) is 8.97. The molecule has 1 aliphatic heterocycles. The van der Waals surface area contributed by atoms with Crippen LogP contribution in [0, 0.1) is 0 Å². The Bertz CT molecular complexity index is 258. The molecule has 0 aromatic carbocycles. The van der Waals surface area contributed by atoms with Gasteiger partial charge in [0.05, 0.1) is 18.2 Å². The number of ether oxygens (including phenoxy) is 1. The van der Waals surface area contributed by atoms with Crippen molar-refractivity contribution in [2.45, 2.75) is 37.3 Å². The van der Waals surface area contributed by atoms with Crippen molar-refractivity contribution in [3.8, 4) is 0 Å². The summed E-state index contributed by atoms with van der Waals surface area (Å²) in [6.07, 6.45) is 4.34. The van der Waals surface area contributed by atoms with Crippen molar-refractivity contribution in [1.29, 1.82) is 0 Å². The highest BCUT2D eigenvalue weighted by molar-refractivity contribution is 5.26. The lowest BCUT2D eigenvalue weighted by Gasteiger charge is -2.36. The Morgan fingerprint density at radius 3 is 3.15 bits per heavy atom. The molecule has 2 N–H and O–H groups in total. The Balaban J connectivity index is 2.34. The van der Waals surface area contributed by atoms with Crippen LogP contribution in [0.5, 0.6) is 0 Å². The molecule has 0 amide bonds. The third kappa shape index (κ3) is 1.17. The first-order valence-electron chi connectivity index (χ1n) is 4.76. The maximum Gasteiger partial charge on any atom is 0.0995 e. The molecule has 2 aliphatic rings. The van der Waals surface area contributed by atoms with Crippen LogP contribution in [-0.2, 0) is 4.74 Å². The zero-order chi connectivity index (χ0) is 9.31. The van der Waals surface area contributed by atoms with Crippen LogP contribution in [0.25, 0.3) is 0 Å². The highest BCUT2D eigenvalue weighted by Gasteiger charge is 2.49. The van der Waals surface area contributed by atoms with Gasteiger partial charge in [-0.25, -0.2) is 0 Å². The van der Waals surface area contributed by atoms with E-state index in [1.165, 1.54) is 6.42 Å². The van der Waals surface area contributed by atoms with Crippen LogP contribution in [0.1, 0.15) is 25.7 Å². The molecule has 0 unspecified atom stereocenters. The van der Waals surface area contributed by atoms with Crippen molar-refractivity contribution < 1.29 is 9.94 Å². The average Bonchev–Trinajstić information content (AvgIpc) is 2.56. The lowest BCUT2D eigenvalue weighted by Crippen LogP contribution is -2.52. The summed E-state index contributed by atoms with van der Waals surface area (Å²) in [5.41, 5.74) is 5.89. The summed E-state index contributed by atoms with van der Waals surface area (Å²) in [7, 11) is 0. The molecular weight excluding hydrogens is 166 g/mol. The van der Waals surface area contributed by atoms with Gasteiger partial charge in [0.2, 0.25) is 0 Å². The van der Waals surface area contributed by atoms with Crippen LogP contribution in [-0.4, -0.2) is 23.5 Å². The molecule has 0 bridgehead atoms. The fourth-order valence-corrected chi connectivity index (χ4v) is 2.43. The Hall–Kier alpha value is -0.600. The normalized spacial score (nSPS) is 38.5. The Morgan fingerprint density at radius 2 is 2.46 bits per heavy atom. The molecule has 2 atom stereocenters. The number of nitrogens with one attached hydrogen (secondary N) is 1. The van der Waals surface area contributed by atoms with Gasteiger partial charge in [0.1, 0.15) is 0 Å². The van der Waals surface area contributed by atoms with Gasteiger partial charge < -0.3 is 9.94 Å². The second-order valence-electron chi connectivity index (χ2n) is 3.78. The molecule has 1 aliphatic carbocycles. The van der Waals surface area contributed by atoms with Crippen LogP contribution in [0.15, 0.2) is 17.9 Å². The van der Waals surface area contributed by atoms with E-state index in [2.05, 4.69) is 17.8 Å². The van der Waals surface area contributed by atoms with Crippen LogP contribution in [0.4, 0.5) is 0 Å². The highest BCUT2D eigenvalue weighted by atomic mass is 16.5. The monoisotopic (exact) mass is 181 g/mol. The fourth-order valence-electron chi connectivity index (χ4n) is 2.43. The van der Waals surface area contributed by atoms with Crippen molar-refractivity contribution in [3.63, 3.8) is 0 Å². The largest absolute Gasteiger partial charge is 0.371 e. The van der Waals surface area contributed by atoms with Gasteiger partial charge in [-0.15, -0.1) is 5.73 Å². The van der Waals surface area contributed by atoms with Crippen molar-refractivity contribution >= 4 is 0 Å². The van der Waals surface area contributed by atoms with Gasteiger partial charge in [-0.3, -0.25) is 0 Å². The number of hydrogen-bond donors (Lipinski definition) is 2. The van der Waals surface area contributed by atoms with E-state index >= 15 is 0 Å². The minimum Gasteiger partial charge on any atom is -0.371 e. The van der Waals surface area contributed by atoms with Gasteiger partial charge >= 0.3 is 0 Å². The predicted molar refractivity (Wildman–Crippen MR) is 48.5 cm³/mol. The van der Waals surface area contributed by atoms with Gasteiger partial charge in [-0.05, 0) is 12.8 Å². The number of fused-ring (bicyclic) bond motifs is 1. The van der Waals surface area contributed by atoms with Gasteiger partial charge in [0.15, 0.2) is 0 Å². The minimum atomic E-state index is -0.375. The Kier molecular flexibility index (Phi) is 2.26. The van der Waals surface area contributed by atoms with E-state index in [0.29, 0.717) is 6.61 Å². The molecule has 0 spiro atoms. The van der Waals surface area contributed by atoms with Gasteiger partial charge in [0.25, 0.3) is 0 Å². The topological polar surface area (TPSA) is 41.5 Å². The maximum absolute atomic E-state index is 9.23. The molecule has 0 radical (unpaired) electrons. The summed E-state index contributed by atoms with van der Waals surface area (Å²) in [5, 5.41) is 9.23. The third-order valence-electron chi connectivity index (χ3n) is 3.22. The predicted octanol–water partition coefficient (Wildman–Crippen LogP) is 1.39. The van der Waals surface area contributed by atoms with Gasteiger partial charge in [-0.1, -0.05) is 19.4 Å². The molecule has 13 heavy (non-hydrogen) atoms. The van der Waals surface area contributed by atoms with E-state index in [1.54, 1.807) is 0 Å². The zero-order valence-corrected chi connectivity index (χ0v) is 7.68. The molecule has 3 heteroatoms. The zero-order valence-electron chi connectivity index (χ0n) is 7.68. The molecule has 3 nitrogen and oxygen atoms in total. The molecule has 72 valence electrons. The number of hydrogen-bond acceptors (Lipinski definition) is 3. The van der Waals surface area contributed by atoms with Crippen molar-refractivity contribution in [3.05, 3.63) is 17.9 Å². The van der Waals surface area contributed by atoms with E-state index < -0.39 is 0 Å². The summed E-state index contributed by atoms with van der Waals surface area (Å²) in [6, 6.07) is 0. The third-order valence-corrected chi connectivity index (χ3v) is 3.22. The molecule has 1 saturated heterocycles. The Morgan fingerprint density at radius 1 is 1.62 bits per heavy atom. The smallest absolute Gasteiger partial charge is 0.0995 e. The maximum atomic E-state index is 9.23. The summed E-state index contributed by atoms with van der Waals surface area (Å²) in [5.74, 6) is 0. The van der Waals surface area contributed by atoms with Crippen LogP contribution in [0.3, 0.4) is 0 Å². The summed E-state index contributed by atoms with van der Waals surface area (Å²) in [6.45, 7) is 4.19. The first-order chi connectivity index (χ1) is 6.33. The molecular formula is C10H15NO2. The van der Waals surface area contributed by atoms with Crippen LogP contribution < -0.4 is 5.48 Å². The second-order valence-corrected chi connectivity index (χ2v) is 3.78. The van der Waals surface area contributed by atoms with Gasteiger partial charge in [-0.2, -0.15) is 5.48 Å². The average molecular weight is 181 g/mol. The highest BCUT2D eigenvalue weighted by Crippen LogP contribution is 2.40.